The molecule has 0 aromatic heterocycles. The van der Waals surface area contributed by atoms with E-state index in [0.717, 1.165) is 22.4 Å². The van der Waals surface area contributed by atoms with Crippen LogP contribution in [0, 0.1) is 6.92 Å². The number of nitrogens with zero attached hydrogens (tertiary/aromatic N) is 1. The van der Waals surface area contributed by atoms with E-state index < -0.39 is 0 Å². The van der Waals surface area contributed by atoms with Crippen molar-refractivity contribution in [3.8, 4) is 23.0 Å². The lowest BCUT2D eigenvalue weighted by atomic mass is 10.1. The van der Waals surface area contributed by atoms with Crippen molar-refractivity contribution in [3.63, 3.8) is 0 Å². The highest BCUT2D eigenvalue weighted by atomic mass is 32.1. The molecule has 0 radical (unpaired) electrons. The average Bonchev–Trinajstić information content (AvgIpc) is 2.92. The smallest absolute Gasteiger partial charge is 0.269 e. The summed E-state index contributed by atoms with van der Waals surface area (Å²) in [5.74, 6) is 1.02. The van der Waals surface area contributed by atoms with Gasteiger partial charge in [-0.3, -0.25) is 0 Å². The number of anilines is 1. The Morgan fingerprint density at radius 2 is 1.33 bits per heavy atom. The Morgan fingerprint density at radius 3 is 2.03 bits per heavy atom. The molecule has 0 saturated heterocycles. The molecule has 3 N–H and O–H groups in total. The van der Waals surface area contributed by atoms with Crippen LogP contribution in [-0.4, -0.2) is 27.5 Å². The number of fused-ring (bicyclic) bond motifs is 1. The lowest BCUT2D eigenvalue weighted by Crippen LogP contribution is -2.29. The molecular weight excluding hydrogens is 506 g/mol. The first-order chi connectivity index (χ1) is 18.8. The number of phenols is 3. The van der Waals surface area contributed by atoms with Gasteiger partial charge in [-0.15, -0.1) is 0 Å². The van der Waals surface area contributed by atoms with Crippen molar-refractivity contribution in [1.29, 1.82) is 0 Å². The van der Waals surface area contributed by atoms with Gasteiger partial charge in [0.25, 0.3) is 5.17 Å². The first-order valence-corrected chi connectivity index (χ1v) is 12.7. The van der Waals surface area contributed by atoms with Crippen molar-refractivity contribution >= 4 is 46.0 Å². The maximum atomic E-state index is 9.30. The molecule has 0 heterocycles. The number of rotatable bonds is 4. The van der Waals surface area contributed by atoms with Crippen LogP contribution in [0.1, 0.15) is 16.7 Å². The van der Waals surface area contributed by atoms with Gasteiger partial charge in [0.05, 0.1) is 0 Å². The SMILES string of the molecule is Cc1cccc(N(C)C(=S)Oc2ccc3ccccc3c2)c1.Oc1ccc(C=Cc2cc(O)cc(O)c2)cc1. The first kappa shape index (κ1) is 27.2. The Hall–Kier alpha value is -4.81. The van der Waals surface area contributed by atoms with Gasteiger partial charge in [-0.2, -0.15) is 0 Å². The summed E-state index contributed by atoms with van der Waals surface area (Å²) in [5.41, 5.74) is 3.84. The number of hydrogen-bond donors (Lipinski definition) is 3. The lowest BCUT2D eigenvalue weighted by molar-refractivity contribution is 0.450. The topological polar surface area (TPSA) is 73.2 Å². The second-order valence-electron chi connectivity index (χ2n) is 8.98. The Bertz CT molecular complexity index is 1590. The number of thiocarbonyl (C=S) groups is 1. The van der Waals surface area contributed by atoms with E-state index in [1.54, 1.807) is 42.5 Å². The summed E-state index contributed by atoms with van der Waals surface area (Å²) in [7, 11) is 1.91. The summed E-state index contributed by atoms with van der Waals surface area (Å²) < 4.78 is 5.84. The average molecular weight is 536 g/mol. The van der Waals surface area contributed by atoms with Crippen LogP contribution in [0.3, 0.4) is 0 Å². The van der Waals surface area contributed by atoms with Gasteiger partial charge < -0.3 is 25.0 Å². The van der Waals surface area contributed by atoms with Crippen LogP contribution in [0.25, 0.3) is 22.9 Å². The molecule has 0 aliphatic carbocycles. The molecule has 5 nitrogen and oxygen atoms in total. The van der Waals surface area contributed by atoms with Gasteiger partial charge in [0.1, 0.15) is 23.0 Å². The Balaban J connectivity index is 0.000000187. The van der Waals surface area contributed by atoms with E-state index in [9.17, 15) is 10.2 Å². The van der Waals surface area contributed by atoms with Gasteiger partial charge in [0.15, 0.2) is 0 Å². The second kappa shape index (κ2) is 12.6. The third-order valence-corrected chi connectivity index (χ3v) is 6.23. The predicted octanol–water partition coefficient (Wildman–Crippen LogP) is 7.92. The standard InChI is InChI=1S/C19H17NOS.C14H12O3/c1-14-6-5-9-17(12-14)20(2)19(22)21-18-11-10-15-7-3-4-8-16(15)13-18;15-12-5-3-10(4-6-12)1-2-11-7-13(16)9-14(17)8-11/h3-13H,1-2H3;1-9,15-17H. The normalized spacial score (nSPS) is 10.6. The van der Waals surface area contributed by atoms with Gasteiger partial charge >= 0.3 is 0 Å². The Kier molecular flexibility index (Phi) is 8.82. The highest BCUT2D eigenvalue weighted by Crippen LogP contribution is 2.23. The lowest BCUT2D eigenvalue weighted by Gasteiger charge is -2.20. The molecule has 0 aliphatic rings. The molecule has 6 heteroatoms. The van der Waals surface area contributed by atoms with E-state index >= 15 is 0 Å². The van der Waals surface area contributed by atoms with Crippen LogP contribution < -0.4 is 9.64 Å². The molecular formula is C33H29NO4S. The maximum absolute atomic E-state index is 9.30. The molecule has 0 atom stereocenters. The van der Waals surface area contributed by atoms with Gasteiger partial charge in [-0.25, -0.2) is 0 Å². The Labute approximate surface area is 233 Å². The van der Waals surface area contributed by atoms with Gasteiger partial charge in [0.2, 0.25) is 0 Å². The van der Waals surface area contributed by atoms with E-state index in [2.05, 4.69) is 31.2 Å². The number of ether oxygens (including phenoxy) is 1. The van der Waals surface area contributed by atoms with Gasteiger partial charge in [0, 0.05) is 18.8 Å². The molecule has 5 aromatic rings. The minimum absolute atomic E-state index is 0.0235. The van der Waals surface area contributed by atoms with Crippen LogP contribution in [0.15, 0.2) is 109 Å². The van der Waals surface area contributed by atoms with Crippen LogP contribution in [0.4, 0.5) is 5.69 Å². The molecule has 0 spiro atoms. The number of hydrogen-bond acceptors (Lipinski definition) is 5. The highest BCUT2D eigenvalue weighted by molar-refractivity contribution is 7.80. The fraction of sp³-hybridized carbons (Fsp3) is 0.0606. The molecule has 0 aliphatic heterocycles. The quantitative estimate of drug-likeness (QED) is 0.160. The van der Waals surface area contributed by atoms with E-state index in [1.165, 1.54) is 17.0 Å². The highest BCUT2D eigenvalue weighted by Gasteiger charge is 2.10. The van der Waals surface area contributed by atoms with Crippen molar-refractivity contribution in [2.45, 2.75) is 6.92 Å². The summed E-state index contributed by atoms with van der Waals surface area (Å²) in [6, 6.07) is 33.5. The number of aromatic hydroxyl groups is 3. The monoisotopic (exact) mass is 535 g/mol. The zero-order chi connectivity index (χ0) is 27.8. The Morgan fingerprint density at radius 1 is 0.667 bits per heavy atom. The molecule has 39 heavy (non-hydrogen) atoms. The van der Waals surface area contributed by atoms with Crippen LogP contribution in [-0.2, 0) is 0 Å². The molecule has 0 fully saturated rings. The molecule has 0 amide bonds. The minimum Gasteiger partial charge on any atom is -0.508 e. The maximum Gasteiger partial charge on any atom is 0.269 e. The van der Waals surface area contributed by atoms with E-state index in [1.807, 2.05) is 60.5 Å². The summed E-state index contributed by atoms with van der Waals surface area (Å²) in [6.45, 7) is 2.06. The zero-order valence-electron chi connectivity index (χ0n) is 21.7. The minimum atomic E-state index is 0.0235. The number of phenolic OH excluding ortho intramolecular Hbond substituents is 3. The van der Waals surface area contributed by atoms with Crippen molar-refractivity contribution in [2.75, 3.05) is 11.9 Å². The molecule has 5 aromatic carbocycles. The number of aryl methyl sites for hydroxylation is 1. The van der Waals surface area contributed by atoms with Crippen molar-refractivity contribution in [2.24, 2.45) is 0 Å². The summed E-state index contributed by atoms with van der Waals surface area (Å²) in [6.07, 6.45) is 3.60. The molecule has 196 valence electrons. The second-order valence-corrected chi connectivity index (χ2v) is 9.33. The van der Waals surface area contributed by atoms with Crippen molar-refractivity contribution in [1.82, 2.24) is 0 Å². The third kappa shape index (κ3) is 7.84. The summed E-state index contributed by atoms with van der Waals surface area (Å²) in [4.78, 5) is 1.87. The first-order valence-electron chi connectivity index (χ1n) is 12.3. The molecule has 0 unspecified atom stereocenters. The molecule has 5 rings (SSSR count). The van der Waals surface area contributed by atoms with E-state index in [0.29, 0.717) is 10.7 Å². The fourth-order valence-corrected chi connectivity index (χ4v) is 4.04. The van der Waals surface area contributed by atoms with Crippen LogP contribution >= 0.6 is 12.2 Å². The van der Waals surface area contributed by atoms with Crippen LogP contribution in [0.2, 0.25) is 0 Å². The van der Waals surface area contributed by atoms with E-state index in [4.69, 9.17) is 22.1 Å². The fourth-order valence-electron chi connectivity index (χ4n) is 3.83. The van der Waals surface area contributed by atoms with Gasteiger partial charge in [-0.05, 0) is 95.1 Å². The van der Waals surface area contributed by atoms with Crippen LogP contribution in [0.5, 0.6) is 23.0 Å². The van der Waals surface area contributed by atoms with Crippen molar-refractivity contribution < 1.29 is 20.1 Å². The zero-order valence-corrected chi connectivity index (χ0v) is 22.5. The molecule has 0 bridgehead atoms. The van der Waals surface area contributed by atoms with Gasteiger partial charge in [-0.1, -0.05) is 66.7 Å². The molecule has 0 saturated carbocycles. The third-order valence-electron chi connectivity index (χ3n) is 5.88. The van der Waals surface area contributed by atoms with Crippen molar-refractivity contribution in [3.05, 3.63) is 126 Å². The van der Waals surface area contributed by atoms with E-state index in [-0.39, 0.29) is 17.2 Å². The number of benzene rings is 5. The summed E-state index contributed by atoms with van der Waals surface area (Å²) >= 11 is 5.41. The predicted molar refractivity (Wildman–Crippen MR) is 164 cm³/mol. The largest absolute Gasteiger partial charge is 0.508 e. The summed E-state index contributed by atoms with van der Waals surface area (Å²) in [5, 5.41) is 30.5.